The third-order valence-electron chi connectivity index (χ3n) is 4.37. The van der Waals surface area contributed by atoms with Crippen LogP contribution in [0.15, 0.2) is 24.4 Å². The second kappa shape index (κ2) is 5.74. The van der Waals surface area contributed by atoms with E-state index in [1.165, 1.54) is 31.6 Å². The van der Waals surface area contributed by atoms with E-state index in [1.807, 2.05) is 22.6 Å². The average molecular weight is 292 g/mol. The van der Waals surface area contributed by atoms with Crippen LogP contribution in [0, 0.1) is 5.92 Å². The van der Waals surface area contributed by atoms with Crippen molar-refractivity contribution in [2.24, 2.45) is 5.92 Å². The van der Waals surface area contributed by atoms with Crippen LogP contribution in [-0.4, -0.2) is 33.4 Å². The van der Waals surface area contributed by atoms with Crippen molar-refractivity contribution in [2.45, 2.75) is 39.2 Å². The molecule has 0 atom stereocenters. The SMILES string of the molecule is CC(C)N1CCC(Cc2cn3c(Cl)cccc3n2)CC1. The zero-order valence-electron chi connectivity index (χ0n) is 12.2. The molecule has 1 aliphatic heterocycles. The van der Waals surface area contributed by atoms with E-state index in [-0.39, 0.29) is 0 Å². The minimum atomic E-state index is 0.671. The lowest BCUT2D eigenvalue weighted by atomic mass is 9.92. The normalized spacial score (nSPS) is 18.2. The number of halogens is 1. The van der Waals surface area contributed by atoms with Gasteiger partial charge in [0.05, 0.1) is 5.69 Å². The highest BCUT2D eigenvalue weighted by Gasteiger charge is 2.21. The molecule has 0 amide bonds. The van der Waals surface area contributed by atoms with Crippen LogP contribution in [0.2, 0.25) is 5.15 Å². The fourth-order valence-electron chi connectivity index (χ4n) is 3.10. The molecule has 0 bridgehead atoms. The number of rotatable bonds is 3. The highest BCUT2D eigenvalue weighted by Crippen LogP contribution is 2.23. The van der Waals surface area contributed by atoms with Crippen molar-refractivity contribution in [2.75, 3.05) is 13.1 Å². The van der Waals surface area contributed by atoms with Crippen LogP contribution in [0.5, 0.6) is 0 Å². The number of imidazole rings is 1. The van der Waals surface area contributed by atoms with Crippen LogP contribution in [0.25, 0.3) is 5.65 Å². The zero-order valence-corrected chi connectivity index (χ0v) is 13.0. The molecule has 20 heavy (non-hydrogen) atoms. The first-order valence-corrected chi connectivity index (χ1v) is 7.88. The van der Waals surface area contributed by atoms with Crippen molar-refractivity contribution in [3.8, 4) is 0 Å². The smallest absolute Gasteiger partial charge is 0.138 e. The number of pyridine rings is 1. The van der Waals surface area contributed by atoms with Crippen LogP contribution in [-0.2, 0) is 6.42 Å². The van der Waals surface area contributed by atoms with Crippen LogP contribution >= 0.6 is 11.6 Å². The van der Waals surface area contributed by atoms with Crippen molar-refractivity contribution in [3.05, 3.63) is 35.2 Å². The summed E-state index contributed by atoms with van der Waals surface area (Å²) in [6.45, 7) is 7.00. The maximum atomic E-state index is 6.18. The standard InChI is InChI=1S/C16H22ClN3/c1-12(2)19-8-6-13(7-9-19)10-14-11-20-15(17)4-3-5-16(20)18-14/h3-5,11-13H,6-10H2,1-2H3. The number of aromatic nitrogens is 2. The molecule has 0 saturated carbocycles. The molecule has 3 heterocycles. The average Bonchev–Trinajstić information content (AvgIpc) is 2.83. The number of piperidine rings is 1. The van der Waals surface area contributed by atoms with Gasteiger partial charge in [-0.25, -0.2) is 4.98 Å². The summed E-state index contributed by atoms with van der Waals surface area (Å²) in [7, 11) is 0. The molecule has 2 aromatic rings. The summed E-state index contributed by atoms with van der Waals surface area (Å²) >= 11 is 6.18. The Hall–Kier alpha value is -1.06. The van der Waals surface area contributed by atoms with Crippen LogP contribution in [0.1, 0.15) is 32.4 Å². The molecule has 0 aromatic carbocycles. The molecular formula is C16H22ClN3. The Morgan fingerprint density at radius 2 is 2.05 bits per heavy atom. The van der Waals surface area contributed by atoms with Gasteiger partial charge in [-0.2, -0.15) is 0 Å². The Labute approximate surface area is 125 Å². The topological polar surface area (TPSA) is 20.5 Å². The van der Waals surface area contributed by atoms with Gasteiger partial charge in [-0.15, -0.1) is 0 Å². The molecule has 0 unspecified atom stereocenters. The molecule has 2 aromatic heterocycles. The van der Waals surface area contributed by atoms with Gasteiger partial charge in [-0.05, 0) is 64.3 Å². The van der Waals surface area contributed by atoms with E-state index in [9.17, 15) is 0 Å². The first-order chi connectivity index (χ1) is 9.63. The minimum absolute atomic E-state index is 0.671. The predicted octanol–water partition coefficient (Wildman–Crippen LogP) is 3.65. The summed E-state index contributed by atoms with van der Waals surface area (Å²) in [5.41, 5.74) is 2.12. The summed E-state index contributed by atoms with van der Waals surface area (Å²) < 4.78 is 1.97. The van der Waals surface area contributed by atoms with E-state index >= 15 is 0 Å². The fraction of sp³-hybridized carbons (Fsp3) is 0.562. The summed E-state index contributed by atoms with van der Waals surface area (Å²) in [6, 6.07) is 6.54. The van der Waals surface area contributed by atoms with Gasteiger partial charge in [-0.1, -0.05) is 17.7 Å². The lowest BCUT2D eigenvalue weighted by molar-refractivity contribution is 0.149. The van der Waals surface area contributed by atoms with Gasteiger partial charge in [0.15, 0.2) is 0 Å². The van der Waals surface area contributed by atoms with Gasteiger partial charge < -0.3 is 4.90 Å². The van der Waals surface area contributed by atoms with E-state index in [1.54, 1.807) is 0 Å². The molecule has 108 valence electrons. The summed E-state index contributed by atoms with van der Waals surface area (Å²) in [5.74, 6) is 0.758. The van der Waals surface area contributed by atoms with Crippen molar-refractivity contribution >= 4 is 17.2 Å². The molecule has 1 fully saturated rings. The van der Waals surface area contributed by atoms with Gasteiger partial charge in [0, 0.05) is 12.2 Å². The number of likely N-dealkylation sites (tertiary alicyclic amines) is 1. The quantitative estimate of drug-likeness (QED) is 0.805. The van der Waals surface area contributed by atoms with Crippen molar-refractivity contribution in [1.29, 1.82) is 0 Å². The van der Waals surface area contributed by atoms with E-state index in [0.29, 0.717) is 6.04 Å². The second-order valence-electron chi connectivity index (χ2n) is 6.09. The van der Waals surface area contributed by atoms with Crippen molar-refractivity contribution in [3.63, 3.8) is 0 Å². The Morgan fingerprint density at radius 1 is 1.30 bits per heavy atom. The van der Waals surface area contributed by atoms with E-state index in [4.69, 9.17) is 11.6 Å². The van der Waals surface area contributed by atoms with E-state index < -0.39 is 0 Å². The van der Waals surface area contributed by atoms with Gasteiger partial charge in [0.2, 0.25) is 0 Å². The maximum Gasteiger partial charge on any atom is 0.138 e. The molecule has 0 aliphatic carbocycles. The van der Waals surface area contributed by atoms with Gasteiger partial charge in [-0.3, -0.25) is 4.40 Å². The fourth-order valence-corrected chi connectivity index (χ4v) is 3.30. The molecule has 0 N–H and O–H groups in total. The Morgan fingerprint density at radius 3 is 2.70 bits per heavy atom. The minimum Gasteiger partial charge on any atom is -0.301 e. The van der Waals surface area contributed by atoms with Crippen LogP contribution in [0.3, 0.4) is 0 Å². The number of fused-ring (bicyclic) bond motifs is 1. The number of hydrogen-bond acceptors (Lipinski definition) is 2. The van der Waals surface area contributed by atoms with Crippen molar-refractivity contribution in [1.82, 2.24) is 14.3 Å². The van der Waals surface area contributed by atoms with Crippen LogP contribution in [0.4, 0.5) is 0 Å². The molecule has 1 aliphatic rings. The summed E-state index contributed by atoms with van der Waals surface area (Å²) in [4.78, 5) is 7.25. The molecule has 0 spiro atoms. The lowest BCUT2D eigenvalue weighted by Gasteiger charge is -2.34. The van der Waals surface area contributed by atoms with E-state index in [0.717, 1.165) is 23.1 Å². The predicted molar refractivity (Wildman–Crippen MR) is 83.3 cm³/mol. The molecule has 0 radical (unpaired) electrons. The Bertz CT molecular complexity index is 582. The first-order valence-electron chi connectivity index (χ1n) is 7.50. The Balaban J connectivity index is 1.67. The molecule has 1 saturated heterocycles. The monoisotopic (exact) mass is 291 g/mol. The lowest BCUT2D eigenvalue weighted by Crippen LogP contribution is -2.38. The summed E-state index contributed by atoms with van der Waals surface area (Å²) in [6.07, 6.45) is 5.72. The van der Waals surface area contributed by atoms with Crippen LogP contribution < -0.4 is 0 Å². The maximum absolute atomic E-state index is 6.18. The molecule has 3 nitrogen and oxygen atoms in total. The van der Waals surface area contributed by atoms with Crippen molar-refractivity contribution < 1.29 is 0 Å². The van der Waals surface area contributed by atoms with Gasteiger partial charge in [0.1, 0.15) is 10.8 Å². The highest BCUT2D eigenvalue weighted by atomic mass is 35.5. The molecular weight excluding hydrogens is 270 g/mol. The number of nitrogens with zero attached hydrogens (tertiary/aromatic N) is 3. The largest absolute Gasteiger partial charge is 0.301 e. The third kappa shape index (κ3) is 2.84. The third-order valence-corrected chi connectivity index (χ3v) is 4.68. The highest BCUT2D eigenvalue weighted by molar-refractivity contribution is 6.29. The van der Waals surface area contributed by atoms with E-state index in [2.05, 4.69) is 29.9 Å². The molecule has 3 rings (SSSR count). The summed E-state index contributed by atoms with van der Waals surface area (Å²) in [5, 5.41) is 0.732. The molecule has 4 heteroatoms. The second-order valence-corrected chi connectivity index (χ2v) is 6.47. The van der Waals surface area contributed by atoms with Gasteiger partial charge in [0.25, 0.3) is 0 Å². The number of hydrogen-bond donors (Lipinski definition) is 0. The van der Waals surface area contributed by atoms with Gasteiger partial charge >= 0.3 is 0 Å². The first kappa shape index (κ1) is 13.9. The Kier molecular flexibility index (Phi) is 3.99. The zero-order chi connectivity index (χ0) is 14.1.